The molecule has 4 aromatic rings. The van der Waals surface area contributed by atoms with Gasteiger partial charge in [0.25, 0.3) is 15.9 Å². The number of aromatic amines is 1. The third-order valence-corrected chi connectivity index (χ3v) is 8.00. The lowest BCUT2D eigenvalue weighted by molar-refractivity contribution is 0.0634. The molecule has 2 aliphatic heterocycles. The van der Waals surface area contributed by atoms with E-state index in [9.17, 15) is 22.0 Å². The Morgan fingerprint density at radius 2 is 1.77 bits per heavy atom. The number of para-hydroxylation sites is 1. The molecule has 0 bridgehead atoms. The maximum atomic E-state index is 13.6. The molecular formula is C25H20F2N4O3S. The van der Waals surface area contributed by atoms with Gasteiger partial charge in [-0.1, -0.05) is 18.2 Å². The monoisotopic (exact) mass is 494 g/mol. The van der Waals surface area contributed by atoms with E-state index < -0.39 is 26.6 Å². The van der Waals surface area contributed by atoms with Crippen molar-refractivity contribution in [3.63, 3.8) is 0 Å². The lowest BCUT2D eigenvalue weighted by Gasteiger charge is -2.46. The van der Waals surface area contributed by atoms with Gasteiger partial charge < -0.3 is 14.8 Å². The number of rotatable bonds is 3. The van der Waals surface area contributed by atoms with Crippen molar-refractivity contribution in [3.05, 3.63) is 89.1 Å². The maximum absolute atomic E-state index is 13.6. The van der Waals surface area contributed by atoms with Crippen LogP contribution in [0.2, 0.25) is 0 Å². The van der Waals surface area contributed by atoms with E-state index in [0.29, 0.717) is 30.3 Å². The summed E-state index contributed by atoms with van der Waals surface area (Å²) in [6, 6.07) is 14.8. The molecule has 2 aliphatic rings. The smallest absolute Gasteiger partial charge is 0.262 e. The molecular weight excluding hydrogens is 474 g/mol. The second-order valence-electron chi connectivity index (χ2n) is 8.74. The summed E-state index contributed by atoms with van der Waals surface area (Å²) >= 11 is 0. The van der Waals surface area contributed by atoms with Crippen LogP contribution in [0.5, 0.6) is 0 Å². The Kier molecular flexibility index (Phi) is 4.65. The van der Waals surface area contributed by atoms with Crippen LogP contribution in [-0.2, 0) is 16.4 Å². The van der Waals surface area contributed by atoms with Gasteiger partial charge in [-0.3, -0.25) is 9.52 Å². The van der Waals surface area contributed by atoms with Crippen LogP contribution in [0.15, 0.2) is 65.6 Å². The van der Waals surface area contributed by atoms with Gasteiger partial charge in [-0.05, 0) is 48.4 Å². The predicted octanol–water partition coefficient (Wildman–Crippen LogP) is 4.39. The number of nitrogens with zero attached hydrogens (tertiary/aromatic N) is 2. The first kappa shape index (κ1) is 21.6. The molecule has 1 atom stereocenters. The van der Waals surface area contributed by atoms with Crippen molar-refractivity contribution in [2.45, 2.75) is 17.5 Å². The molecule has 0 saturated heterocycles. The molecule has 0 radical (unpaired) electrons. The lowest BCUT2D eigenvalue weighted by Crippen LogP contribution is -2.51. The summed E-state index contributed by atoms with van der Waals surface area (Å²) in [7, 11) is -2.38. The van der Waals surface area contributed by atoms with Crippen LogP contribution in [-0.4, -0.2) is 37.8 Å². The largest absolute Gasteiger partial charge is 0.355 e. The van der Waals surface area contributed by atoms with Crippen LogP contribution in [0.4, 0.5) is 20.2 Å². The van der Waals surface area contributed by atoms with Gasteiger partial charge in [0.1, 0.15) is 17.8 Å². The second kappa shape index (κ2) is 7.54. The van der Waals surface area contributed by atoms with Gasteiger partial charge in [0.15, 0.2) is 0 Å². The molecule has 0 aliphatic carbocycles. The van der Waals surface area contributed by atoms with E-state index >= 15 is 0 Å². The van der Waals surface area contributed by atoms with Crippen molar-refractivity contribution in [1.82, 2.24) is 9.88 Å². The number of carbonyl (C=O) groups is 1. The molecule has 0 spiro atoms. The van der Waals surface area contributed by atoms with Crippen LogP contribution in [0, 0.1) is 11.6 Å². The topological polar surface area (TPSA) is 85.5 Å². The van der Waals surface area contributed by atoms with Crippen LogP contribution in [0.25, 0.3) is 10.9 Å². The van der Waals surface area contributed by atoms with Gasteiger partial charge in [-0.15, -0.1) is 0 Å². The van der Waals surface area contributed by atoms with Crippen molar-refractivity contribution in [2.75, 3.05) is 23.2 Å². The second-order valence-corrected chi connectivity index (χ2v) is 10.4. The highest BCUT2D eigenvalue weighted by molar-refractivity contribution is 7.92. The number of nitrogens with one attached hydrogen (secondary N) is 2. The minimum absolute atomic E-state index is 0.122. The van der Waals surface area contributed by atoms with Gasteiger partial charge in [0.05, 0.1) is 21.8 Å². The van der Waals surface area contributed by atoms with E-state index in [1.165, 1.54) is 17.7 Å². The zero-order valence-corrected chi connectivity index (χ0v) is 19.4. The molecule has 1 aromatic heterocycles. The number of H-pyrrole nitrogens is 1. The Bertz CT molecular complexity index is 1610. The molecule has 178 valence electrons. The first-order chi connectivity index (χ1) is 16.7. The van der Waals surface area contributed by atoms with E-state index in [-0.39, 0.29) is 17.8 Å². The highest BCUT2D eigenvalue weighted by Gasteiger charge is 2.41. The predicted molar refractivity (Wildman–Crippen MR) is 128 cm³/mol. The molecule has 0 saturated carbocycles. The van der Waals surface area contributed by atoms with Crippen molar-refractivity contribution in [1.29, 1.82) is 0 Å². The van der Waals surface area contributed by atoms with Gasteiger partial charge in [-0.25, -0.2) is 17.2 Å². The summed E-state index contributed by atoms with van der Waals surface area (Å²) in [4.78, 5) is 20.2. The first-order valence-electron chi connectivity index (χ1n) is 11.0. The molecule has 6 rings (SSSR count). The molecule has 1 amide bonds. The zero-order chi connectivity index (χ0) is 24.5. The number of sulfonamides is 1. The summed E-state index contributed by atoms with van der Waals surface area (Å²) in [5.41, 5.74) is 4.30. The summed E-state index contributed by atoms with van der Waals surface area (Å²) in [6.45, 7) is 0.515. The fourth-order valence-electron chi connectivity index (χ4n) is 5.10. The van der Waals surface area contributed by atoms with Crippen LogP contribution >= 0.6 is 0 Å². The van der Waals surface area contributed by atoms with Crippen molar-refractivity contribution in [2.24, 2.45) is 0 Å². The van der Waals surface area contributed by atoms with Crippen LogP contribution in [0.3, 0.4) is 0 Å². The highest BCUT2D eigenvalue weighted by atomic mass is 32.2. The summed E-state index contributed by atoms with van der Waals surface area (Å²) in [5.74, 6) is -2.22. The number of benzene rings is 3. The third kappa shape index (κ3) is 3.35. The Morgan fingerprint density at radius 3 is 2.54 bits per heavy atom. The summed E-state index contributed by atoms with van der Waals surface area (Å²) in [5, 5.41) is 1.15. The van der Waals surface area contributed by atoms with Gasteiger partial charge in [0.2, 0.25) is 0 Å². The zero-order valence-electron chi connectivity index (χ0n) is 18.5. The average Bonchev–Trinajstić information content (AvgIpc) is 3.20. The quantitative estimate of drug-likeness (QED) is 0.442. The van der Waals surface area contributed by atoms with Crippen LogP contribution < -0.4 is 9.62 Å². The van der Waals surface area contributed by atoms with Crippen molar-refractivity contribution in [3.8, 4) is 0 Å². The van der Waals surface area contributed by atoms with Crippen molar-refractivity contribution >= 4 is 38.2 Å². The number of amides is 1. The number of anilines is 2. The Balaban J connectivity index is 1.37. The standard InChI is InChI=1S/C25H20F2N4O3S/c1-30-22-7-6-16(29-35(33,34)17-11-14(26)10-15(27)12-17)13-20(22)25(32)31-9-8-19-18-4-2-3-5-21(18)28-23(19)24(30)31/h2-7,10-13,24,28-29H,8-9H2,1H3. The molecule has 3 aromatic carbocycles. The SMILES string of the molecule is CN1c2ccc(NS(=O)(=O)c3cc(F)cc(F)c3)cc2C(=O)N2CCc3c([nH]c4ccccc34)C21. The van der Waals surface area contributed by atoms with Crippen LogP contribution in [0.1, 0.15) is 27.8 Å². The number of halogens is 2. The van der Waals surface area contributed by atoms with Crippen molar-refractivity contribution < 1.29 is 22.0 Å². The number of carbonyl (C=O) groups excluding carboxylic acids is 1. The maximum Gasteiger partial charge on any atom is 0.262 e. The fraction of sp³-hybridized carbons (Fsp3) is 0.160. The minimum atomic E-state index is -4.27. The lowest BCUT2D eigenvalue weighted by atomic mass is 9.96. The Hall–Kier alpha value is -3.92. The summed E-state index contributed by atoms with van der Waals surface area (Å²) < 4.78 is 54.9. The number of aromatic nitrogens is 1. The molecule has 7 nitrogen and oxygen atoms in total. The van der Waals surface area contributed by atoms with E-state index in [4.69, 9.17) is 0 Å². The van der Waals surface area contributed by atoms with Gasteiger partial charge in [0, 0.05) is 36.2 Å². The number of hydrogen-bond acceptors (Lipinski definition) is 4. The highest BCUT2D eigenvalue weighted by Crippen LogP contribution is 2.43. The Labute approximate surface area is 200 Å². The number of fused-ring (bicyclic) bond motifs is 6. The molecule has 10 heteroatoms. The van der Waals surface area contributed by atoms with E-state index in [1.54, 1.807) is 11.0 Å². The fourth-order valence-corrected chi connectivity index (χ4v) is 6.19. The number of hydrogen-bond donors (Lipinski definition) is 2. The molecule has 2 N–H and O–H groups in total. The van der Waals surface area contributed by atoms with E-state index in [0.717, 1.165) is 28.7 Å². The van der Waals surface area contributed by atoms with Gasteiger partial charge >= 0.3 is 0 Å². The molecule has 3 heterocycles. The Morgan fingerprint density at radius 1 is 1.03 bits per heavy atom. The molecule has 1 unspecified atom stereocenters. The normalized spacial score (nSPS) is 17.2. The molecule has 0 fully saturated rings. The summed E-state index contributed by atoms with van der Waals surface area (Å²) in [6.07, 6.45) is 0.381. The van der Waals surface area contributed by atoms with Gasteiger partial charge in [-0.2, -0.15) is 0 Å². The average molecular weight is 495 g/mol. The first-order valence-corrected chi connectivity index (χ1v) is 12.5. The van der Waals surface area contributed by atoms with E-state index in [1.807, 2.05) is 30.1 Å². The minimum Gasteiger partial charge on any atom is -0.355 e. The third-order valence-electron chi connectivity index (χ3n) is 6.64. The van der Waals surface area contributed by atoms with E-state index in [2.05, 4.69) is 15.8 Å². The molecule has 35 heavy (non-hydrogen) atoms.